The molecule has 0 bridgehead atoms. The number of phenols is 4. The number of aliphatic hydroxyl groups excluding tert-OH is 2. The van der Waals surface area contributed by atoms with Crippen molar-refractivity contribution in [3.63, 3.8) is 0 Å². The molecule has 5 unspecified atom stereocenters. The number of aliphatic hydroxyl groups is 2. The van der Waals surface area contributed by atoms with Gasteiger partial charge in [-0.3, -0.25) is 9.59 Å². The number of hydrogen-bond acceptors (Lipinski definition) is 13. The van der Waals surface area contributed by atoms with E-state index in [-0.39, 0.29) is 11.1 Å². The first-order valence-corrected chi connectivity index (χ1v) is 10.5. The summed E-state index contributed by atoms with van der Waals surface area (Å²) in [6, 6.07) is 5.09. The molecule has 1 aliphatic rings. The van der Waals surface area contributed by atoms with E-state index in [0.717, 1.165) is 31.2 Å². The van der Waals surface area contributed by atoms with Gasteiger partial charge >= 0.3 is 11.9 Å². The molecule has 1 fully saturated rings. The number of ether oxygens (including phenoxy) is 3. The Bertz CT molecular complexity index is 1440. The minimum absolute atomic E-state index is 0.0673. The van der Waals surface area contributed by atoms with Gasteiger partial charge in [-0.25, -0.2) is 4.79 Å². The predicted octanol–water partition coefficient (Wildman–Crippen LogP) is 0.124. The molecule has 0 aliphatic carbocycles. The average Bonchev–Trinajstić information content (AvgIpc) is 2.80. The molecular weight excluding hydrogens is 500 g/mol. The predicted molar refractivity (Wildman–Crippen MR) is 119 cm³/mol. The highest BCUT2D eigenvalue weighted by atomic mass is 16.7. The Morgan fingerprint density at radius 3 is 2.27 bits per heavy atom. The summed E-state index contributed by atoms with van der Waals surface area (Å²) in [7, 11) is 0. The van der Waals surface area contributed by atoms with Crippen LogP contribution in [0, 0.1) is 0 Å². The number of carbonyl (C=O) groups excluding carboxylic acids is 1. The molecule has 3 aromatic rings. The van der Waals surface area contributed by atoms with Crippen LogP contribution >= 0.6 is 0 Å². The van der Waals surface area contributed by atoms with Crippen molar-refractivity contribution in [1.82, 2.24) is 0 Å². The number of fused-ring (bicyclic) bond motifs is 1. The van der Waals surface area contributed by atoms with Gasteiger partial charge in [0.05, 0.1) is 0 Å². The maximum Gasteiger partial charge on any atom is 0.335 e. The normalized spacial score (nSPS) is 23.5. The molecule has 7 N–H and O–H groups in total. The van der Waals surface area contributed by atoms with Crippen LogP contribution in [0.15, 0.2) is 39.5 Å². The van der Waals surface area contributed by atoms with E-state index in [0.29, 0.717) is 0 Å². The highest BCUT2D eigenvalue weighted by Gasteiger charge is 2.51. The van der Waals surface area contributed by atoms with E-state index in [1.807, 2.05) is 0 Å². The summed E-state index contributed by atoms with van der Waals surface area (Å²) in [5.74, 6) is -6.20. The monoisotopic (exact) mass is 520 g/mol. The van der Waals surface area contributed by atoms with E-state index < -0.39 is 88.0 Å². The number of esters is 1. The zero-order valence-electron chi connectivity index (χ0n) is 18.8. The number of benzene rings is 2. The SMILES string of the molecule is CC(=O)OC1C(Oc2c(-c3ccc(O)c(O)c3)oc3cc(O)cc(O)c3c2=O)OC(C(=O)O)C(O)C1O. The first kappa shape index (κ1) is 25.6. The molecule has 0 radical (unpaired) electrons. The van der Waals surface area contributed by atoms with E-state index >= 15 is 0 Å². The topological polar surface area (TPSA) is 234 Å². The molecule has 37 heavy (non-hydrogen) atoms. The van der Waals surface area contributed by atoms with Gasteiger partial charge in [-0.1, -0.05) is 0 Å². The summed E-state index contributed by atoms with van der Waals surface area (Å²) in [6.45, 7) is 0.957. The van der Waals surface area contributed by atoms with E-state index in [2.05, 4.69) is 0 Å². The number of aliphatic carboxylic acids is 1. The van der Waals surface area contributed by atoms with Crippen molar-refractivity contribution in [1.29, 1.82) is 0 Å². The fourth-order valence-electron chi connectivity index (χ4n) is 3.80. The molecule has 14 nitrogen and oxygen atoms in total. The van der Waals surface area contributed by atoms with Crippen molar-refractivity contribution < 1.29 is 64.0 Å². The molecule has 2 aromatic carbocycles. The second kappa shape index (κ2) is 9.50. The lowest BCUT2D eigenvalue weighted by atomic mass is 9.98. The number of carboxylic acid groups (broad SMARTS) is 1. The van der Waals surface area contributed by atoms with Crippen LogP contribution in [-0.4, -0.2) is 78.4 Å². The molecule has 0 amide bonds. The lowest BCUT2D eigenvalue weighted by Crippen LogP contribution is -2.62. The summed E-state index contributed by atoms with van der Waals surface area (Å²) < 4.78 is 21.4. The van der Waals surface area contributed by atoms with Gasteiger partial charge in [0.15, 0.2) is 29.5 Å². The van der Waals surface area contributed by atoms with E-state index in [1.54, 1.807) is 0 Å². The summed E-state index contributed by atoms with van der Waals surface area (Å²) in [4.78, 5) is 36.6. The number of aromatic hydroxyl groups is 4. The highest BCUT2D eigenvalue weighted by molar-refractivity contribution is 5.88. The Hall–Kier alpha value is -4.53. The molecule has 14 heteroatoms. The van der Waals surface area contributed by atoms with Gasteiger partial charge in [-0.05, 0) is 18.2 Å². The molecule has 5 atom stereocenters. The molecule has 1 aromatic heterocycles. The van der Waals surface area contributed by atoms with Crippen LogP contribution in [0.2, 0.25) is 0 Å². The van der Waals surface area contributed by atoms with Crippen molar-refractivity contribution in [3.05, 3.63) is 40.6 Å². The Kier molecular flexibility index (Phi) is 6.56. The van der Waals surface area contributed by atoms with Crippen molar-refractivity contribution >= 4 is 22.9 Å². The average molecular weight is 520 g/mol. The van der Waals surface area contributed by atoms with Gasteiger partial charge in [0.1, 0.15) is 34.7 Å². The fourth-order valence-corrected chi connectivity index (χ4v) is 3.80. The number of phenolic OH excluding ortho intramolecular Hbond substituents is 4. The van der Waals surface area contributed by atoms with Crippen LogP contribution in [0.3, 0.4) is 0 Å². The Balaban J connectivity index is 1.93. The van der Waals surface area contributed by atoms with Gasteiger partial charge < -0.3 is 54.4 Å². The third-order valence-electron chi connectivity index (χ3n) is 5.48. The largest absolute Gasteiger partial charge is 0.508 e. The number of carboxylic acids is 1. The minimum atomic E-state index is -2.06. The van der Waals surface area contributed by atoms with Crippen LogP contribution < -0.4 is 10.2 Å². The quantitative estimate of drug-likeness (QED) is 0.175. The lowest BCUT2D eigenvalue weighted by molar-refractivity contribution is -0.275. The molecule has 0 saturated carbocycles. The Morgan fingerprint density at radius 1 is 0.946 bits per heavy atom. The van der Waals surface area contributed by atoms with Gasteiger partial charge in [-0.15, -0.1) is 0 Å². The molecular formula is C23H20O14. The molecule has 2 heterocycles. The van der Waals surface area contributed by atoms with Crippen molar-refractivity contribution in [2.75, 3.05) is 0 Å². The summed E-state index contributed by atoms with van der Waals surface area (Å²) in [5, 5.41) is 69.2. The standard InChI is InChI=1S/C23H20O14/c1-7(24)34-21-17(31)16(30)20(22(32)33)37-23(21)36-19-15(29)14-12(28)5-9(25)6-13(14)35-18(19)8-2-3-10(26)11(27)4-8/h2-6,16-17,20-21,23,25-28,30-31H,1H3,(H,32,33). The second-order valence-electron chi connectivity index (χ2n) is 8.07. The highest BCUT2D eigenvalue weighted by Crippen LogP contribution is 2.39. The summed E-state index contributed by atoms with van der Waals surface area (Å²) in [6.07, 6.45) is -9.95. The van der Waals surface area contributed by atoms with Crippen molar-refractivity contribution in [3.8, 4) is 40.1 Å². The zero-order chi connectivity index (χ0) is 27.2. The first-order chi connectivity index (χ1) is 17.4. The number of rotatable bonds is 5. The van der Waals surface area contributed by atoms with Gasteiger partial charge in [0.25, 0.3) is 0 Å². The van der Waals surface area contributed by atoms with Crippen LogP contribution in [-0.2, 0) is 19.1 Å². The molecule has 0 spiro atoms. The molecule has 1 saturated heterocycles. The smallest absolute Gasteiger partial charge is 0.335 e. The van der Waals surface area contributed by atoms with E-state index in [9.17, 15) is 50.1 Å². The molecule has 1 aliphatic heterocycles. The van der Waals surface area contributed by atoms with E-state index in [4.69, 9.17) is 18.6 Å². The van der Waals surface area contributed by atoms with Crippen molar-refractivity contribution in [2.45, 2.75) is 37.6 Å². The van der Waals surface area contributed by atoms with Crippen LogP contribution in [0.25, 0.3) is 22.3 Å². The van der Waals surface area contributed by atoms with Crippen LogP contribution in [0.1, 0.15) is 6.92 Å². The number of carbonyl (C=O) groups is 2. The minimum Gasteiger partial charge on any atom is -0.508 e. The third-order valence-corrected chi connectivity index (χ3v) is 5.48. The maximum absolute atomic E-state index is 13.4. The molecule has 196 valence electrons. The second-order valence-corrected chi connectivity index (χ2v) is 8.07. The number of hydrogen-bond donors (Lipinski definition) is 7. The Labute approximate surface area is 205 Å². The van der Waals surface area contributed by atoms with Crippen LogP contribution in [0.4, 0.5) is 0 Å². The third kappa shape index (κ3) is 4.67. The zero-order valence-corrected chi connectivity index (χ0v) is 18.8. The van der Waals surface area contributed by atoms with Crippen molar-refractivity contribution in [2.24, 2.45) is 0 Å². The fraction of sp³-hybridized carbons (Fsp3) is 0.261. The van der Waals surface area contributed by atoms with Gasteiger partial charge in [-0.2, -0.15) is 0 Å². The summed E-state index contributed by atoms with van der Waals surface area (Å²) in [5.41, 5.74) is -1.46. The van der Waals surface area contributed by atoms with Gasteiger partial charge in [0, 0.05) is 24.6 Å². The van der Waals surface area contributed by atoms with Gasteiger partial charge in [0.2, 0.25) is 17.5 Å². The first-order valence-electron chi connectivity index (χ1n) is 10.5. The lowest BCUT2D eigenvalue weighted by Gasteiger charge is -2.40. The molecule has 4 rings (SSSR count). The van der Waals surface area contributed by atoms with Crippen LogP contribution in [0.5, 0.6) is 28.7 Å². The maximum atomic E-state index is 13.4. The Morgan fingerprint density at radius 2 is 1.65 bits per heavy atom. The summed E-state index contributed by atoms with van der Waals surface area (Å²) >= 11 is 0. The van der Waals surface area contributed by atoms with E-state index in [1.165, 1.54) is 6.07 Å².